The largest absolute Gasteiger partial charge is 0.488 e. The Hall–Kier alpha value is -6.94. The molecule has 4 N–H and O–H groups in total. The zero-order valence-electron chi connectivity index (χ0n) is 38.3. The van der Waals surface area contributed by atoms with E-state index in [1.54, 1.807) is 18.2 Å². The molecular formula is C50H58N8O8. The van der Waals surface area contributed by atoms with Gasteiger partial charge in [-0.1, -0.05) is 69.0 Å². The molecule has 0 radical (unpaired) electrons. The highest BCUT2D eigenvalue weighted by atomic mass is 16.5. The van der Waals surface area contributed by atoms with Crippen molar-refractivity contribution >= 4 is 51.6 Å². The summed E-state index contributed by atoms with van der Waals surface area (Å²) in [6.07, 6.45) is 2.35. The number of amides is 4. The number of aromatic amines is 1. The molecule has 0 spiro atoms. The van der Waals surface area contributed by atoms with Gasteiger partial charge >= 0.3 is 12.2 Å². The van der Waals surface area contributed by atoms with Gasteiger partial charge in [0.15, 0.2) is 0 Å². The fourth-order valence-electron chi connectivity index (χ4n) is 9.69. The van der Waals surface area contributed by atoms with E-state index in [4.69, 9.17) is 28.9 Å². The van der Waals surface area contributed by atoms with Crippen LogP contribution in [0.25, 0.3) is 32.9 Å². The molecule has 66 heavy (non-hydrogen) atoms. The number of fused-ring (bicyclic) bond motifs is 6. The van der Waals surface area contributed by atoms with E-state index in [9.17, 15) is 19.2 Å². The number of nitrogens with zero attached hydrogens (tertiary/aromatic N) is 4. The van der Waals surface area contributed by atoms with Gasteiger partial charge in [0.05, 0.1) is 50.5 Å². The van der Waals surface area contributed by atoms with Gasteiger partial charge in [-0.2, -0.15) is 0 Å². The van der Waals surface area contributed by atoms with Crippen molar-refractivity contribution in [2.24, 2.45) is 16.8 Å². The predicted octanol–water partition coefficient (Wildman–Crippen LogP) is 7.30. The topological polar surface area (TPSA) is 189 Å². The van der Waals surface area contributed by atoms with E-state index in [1.807, 2.05) is 68.1 Å². The number of carbonyl (C=O) groups is 4. The van der Waals surface area contributed by atoms with Crippen molar-refractivity contribution in [2.45, 2.75) is 83.4 Å². The Balaban J connectivity index is 1.05. The molecule has 4 heterocycles. The first-order valence-electron chi connectivity index (χ1n) is 22.4. The minimum atomic E-state index is -0.958. The average molecular weight is 899 g/mol. The summed E-state index contributed by atoms with van der Waals surface area (Å²) in [4.78, 5) is 70.3. The molecule has 2 saturated heterocycles. The van der Waals surface area contributed by atoms with Crippen LogP contribution in [-0.2, 0) is 37.0 Å². The maximum Gasteiger partial charge on any atom is 0.407 e. The van der Waals surface area contributed by atoms with E-state index < -0.39 is 30.3 Å². The molecule has 3 aliphatic heterocycles. The van der Waals surface area contributed by atoms with E-state index in [2.05, 4.69) is 57.8 Å². The Labute approximate surface area is 384 Å². The Morgan fingerprint density at radius 2 is 1.73 bits per heavy atom. The van der Waals surface area contributed by atoms with E-state index in [1.165, 1.54) is 14.2 Å². The van der Waals surface area contributed by atoms with Gasteiger partial charge in [-0.3, -0.25) is 14.6 Å². The molecule has 0 unspecified atom stereocenters. The quantitative estimate of drug-likeness (QED) is 0.0690. The molecule has 2 fully saturated rings. The van der Waals surface area contributed by atoms with Gasteiger partial charge in [0, 0.05) is 36.6 Å². The molecule has 0 saturated carbocycles. The zero-order valence-corrected chi connectivity index (χ0v) is 38.3. The van der Waals surface area contributed by atoms with Gasteiger partial charge in [0.2, 0.25) is 5.91 Å². The number of benzene rings is 4. The van der Waals surface area contributed by atoms with Crippen molar-refractivity contribution in [1.82, 2.24) is 35.7 Å². The van der Waals surface area contributed by atoms with E-state index in [0.29, 0.717) is 56.4 Å². The lowest BCUT2D eigenvalue weighted by molar-refractivity contribution is -0.136. The number of rotatable bonds is 13. The molecule has 16 nitrogen and oxygen atoms in total. The first kappa shape index (κ1) is 45.6. The van der Waals surface area contributed by atoms with E-state index in [-0.39, 0.29) is 35.7 Å². The van der Waals surface area contributed by atoms with E-state index in [0.717, 1.165) is 56.2 Å². The smallest absolute Gasteiger partial charge is 0.407 e. The number of aliphatic imine (C=N–C) groups is 1. The van der Waals surface area contributed by atoms with Gasteiger partial charge in [-0.05, 0) is 90.2 Å². The lowest BCUT2D eigenvalue weighted by Crippen LogP contribution is -2.56. The van der Waals surface area contributed by atoms with Crippen molar-refractivity contribution in [1.29, 1.82) is 0 Å². The highest BCUT2D eigenvalue weighted by Gasteiger charge is 2.43. The van der Waals surface area contributed by atoms with Crippen LogP contribution in [0, 0.1) is 11.8 Å². The summed E-state index contributed by atoms with van der Waals surface area (Å²) in [6, 6.07) is 21.2. The van der Waals surface area contributed by atoms with Crippen LogP contribution in [0.4, 0.5) is 9.59 Å². The Morgan fingerprint density at radius 1 is 0.955 bits per heavy atom. The maximum atomic E-state index is 14.4. The minimum Gasteiger partial charge on any atom is -0.488 e. The number of imidazole rings is 1. The molecule has 4 aromatic carbocycles. The summed E-state index contributed by atoms with van der Waals surface area (Å²) < 4.78 is 21.7. The first-order chi connectivity index (χ1) is 31.9. The third-order valence-corrected chi connectivity index (χ3v) is 13.0. The second kappa shape index (κ2) is 19.7. The molecular weight excluding hydrogens is 841 g/mol. The molecule has 346 valence electrons. The van der Waals surface area contributed by atoms with Crippen LogP contribution >= 0.6 is 0 Å². The summed E-state index contributed by atoms with van der Waals surface area (Å²) in [5, 5.41) is 10.6. The number of alkyl carbamates (subject to hydrolysis) is 2. The molecule has 16 heteroatoms. The molecule has 3 aliphatic rings. The Morgan fingerprint density at radius 3 is 2.45 bits per heavy atom. The number of nitrogens with one attached hydrogen (secondary N) is 4. The molecule has 1 aromatic heterocycles. The third-order valence-electron chi connectivity index (χ3n) is 13.0. The van der Waals surface area contributed by atoms with Crippen molar-refractivity contribution in [3.05, 3.63) is 108 Å². The normalized spacial score (nSPS) is 20.0. The SMILES string of the molecule is C=CNC(=NCc1ccc2c(c1)COc1cc3c(ccc4[nH]c([C@@H]5C[C@H](COC)CN5C(=O)[C@H](NC(=O)OC)c5ccccc5)nc43)cc1-2)[C@@H]1CC[C@H](C)N1C(=O)[C@@H](NC(=O)OC)C(C)C. The highest BCUT2D eigenvalue weighted by molar-refractivity contribution is 6.07. The number of H-pyrrole nitrogens is 1. The van der Waals surface area contributed by atoms with Crippen molar-refractivity contribution < 1.29 is 38.1 Å². The summed E-state index contributed by atoms with van der Waals surface area (Å²) in [7, 11) is 4.21. The lowest BCUT2D eigenvalue weighted by atomic mass is 9.93. The third kappa shape index (κ3) is 9.14. The Bertz CT molecular complexity index is 2670. The Kier molecular flexibility index (Phi) is 13.6. The van der Waals surface area contributed by atoms with Crippen LogP contribution in [0.5, 0.6) is 5.75 Å². The zero-order chi connectivity index (χ0) is 46.6. The number of methoxy groups -OCH3 is 3. The second-order valence-corrected chi connectivity index (χ2v) is 17.6. The van der Waals surface area contributed by atoms with Gasteiger partial charge in [-0.25, -0.2) is 14.6 Å². The average Bonchev–Trinajstić information content (AvgIpc) is 4.07. The van der Waals surface area contributed by atoms with Crippen molar-refractivity contribution in [3.63, 3.8) is 0 Å². The summed E-state index contributed by atoms with van der Waals surface area (Å²) in [5.41, 5.74) is 6.29. The fraction of sp³-hybridized carbons (Fsp3) is 0.400. The number of amidine groups is 1. The summed E-state index contributed by atoms with van der Waals surface area (Å²) >= 11 is 0. The second-order valence-electron chi connectivity index (χ2n) is 17.6. The number of carbonyl (C=O) groups excluding carboxylic acids is 4. The molecule has 5 aromatic rings. The lowest BCUT2D eigenvalue weighted by Gasteiger charge is -2.34. The predicted molar refractivity (Wildman–Crippen MR) is 250 cm³/mol. The molecule has 0 bridgehead atoms. The monoisotopic (exact) mass is 898 g/mol. The highest BCUT2D eigenvalue weighted by Crippen LogP contribution is 2.43. The van der Waals surface area contributed by atoms with Crippen LogP contribution in [-0.4, -0.2) is 102 Å². The molecule has 8 rings (SSSR count). The van der Waals surface area contributed by atoms with Crippen LogP contribution < -0.4 is 20.7 Å². The summed E-state index contributed by atoms with van der Waals surface area (Å²) in [5.74, 6) is 1.49. The van der Waals surface area contributed by atoms with Gasteiger partial charge in [-0.15, -0.1) is 0 Å². The summed E-state index contributed by atoms with van der Waals surface area (Å²) in [6.45, 7) is 11.3. The van der Waals surface area contributed by atoms with Crippen molar-refractivity contribution in [2.75, 3.05) is 34.5 Å². The number of ether oxygens (including phenoxy) is 4. The van der Waals surface area contributed by atoms with Gasteiger partial charge in [0.1, 0.15) is 36.1 Å². The number of hydrogen-bond acceptors (Lipinski definition) is 10. The van der Waals surface area contributed by atoms with Gasteiger partial charge < -0.3 is 49.7 Å². The van der Waals surface area contributed by atoms with Gasteiger partial charge in [0.25, 0.3) is 5.91 Å². The fourth-order valence-corrected chi connectivity index (χ4v) is 9.69. The molecule has 6 atom stereocenters. The van der Waals surface area contributed by atoms with E-state index >= 15 is 0 Å². The van der Waals surface area contributed by atoms with Crippen LogP contribution in [0.2, 0.25) is 0 Å². The number of hydrogen-bond donors (Lipinski definition) is 4. The standard InChI is InChI=1S/C50H58N8O8/c1-8-51-45(39-19-14-29(4)58(39)48(60)42(28(2)3)55-49(61)64-6)52-24-30-15-17-35-34(20-30)27-66-41-23-36-33(22-37(35)41)16-18-38-44(36)54-46(53-38)40-21-31(26-63-5)25-57(40)47(59)43(56-50(62)65-7)32-12-10-9-11-13-32/h8-13,15-18,20,22-23,28-29,31,39-40,42-43H,1,14,19,21,24-27H2,2-7H3,(H,51,52)(H,53,54)(H,55,61)(H,56,62)/t29-,31-,39-,40-,42-,43+/m0/s1. The number of aromatic nitrogens is 2. The molecule has 0 aliphatic carbocycles. The van der Waals surface area contributed by atoms with Crippen molar-refractivity contribution in [3.8, 4) is 16.9 Å². The number of likely N-dealkylation sites (tertiary alicyclic amines) is 2. The van der Waals surface area contributed by atoms with Crippen LogP contribution in [0.15, 0.2) is 90.6 Å². The minimum absolute atomic E-state index is 0.0538. The molecule has 4 amide bonds. The van der Waals surface area contributed by atoms with Crippen LogP contribution in [0.1, 0.15) is 74.6 Å². The van der Waals surface area contributed by atoms with Crippen LogP contribution in [0.3, 0.4) is 0 Å². The first-order valence-corrected chi connectivity index (χ1v) is 22.4. The maximum absolute atomic E-state index is 14.4.